The van der Waals surface area contributed by atoms with Gasteiger partial charge in [0.15, 0.2) is 0 Å². The molecule has 0 spiro atoms. The maximum absolute atomic E-state index is 13.5. The van der Waals surface area contributed by atoms with Crippen LogP contribution in [0.1, 0.15) is 61.4 Å². The lowest BCUT2D eigenvalue weighted by Crippen LogP contribution is -2.50. The van der Waals surface area contributed by atoms with Crippen molar-refractivity contribution in [1.82, 2.24) is 39.5 Å². The van der Waals surface area contributed by atoms with Crippen molar-refractivity contribution < 1.29 is 13.2 Å². The Balaban J connectivity index is 1.17. The Morgan fingerprint density at radius 1 is 1.12 bits per heavy atom. The number of aryl methyl sites for hydroxylation is 1. The van der Waals surface area contributed by atoms with Gasteiger partial charge in [0.25, 0.3) is 10.0 Å². The number of rotatable bonds is 8. The minimum atomic E-state index is -4.11. The maximum atomic E-state index is 13.5. The monoisotopic (exact) mass is 644 g/mol. The van der Waals surface area contributed by atoms with Crippen LogP contribution >= 0.6 is 23.2 Å². The molecule has 1 aromatic carbocycles. The van der Waals surface area contributed by atoms with E-state index in [0.29, 0.717) is 5.69 Å². The molecule has 0 unspecified atom stereocenters. The lowest BCUT2D eigenvalue weighted by atomic mass is 9.92. The third kappa shape index (κ3) is 6.43. The van der Waals surface area contributed by atoms with Gasteiger partial charge in [-0.05, 0) is 69.3 Å². The summed E-state index contributed by atoms with van der Waals surface area (Å²) < 4.78 is 29.8. The number of nitrogens with zero attached hydrogens (tertiary/aromatic N) is 7. The number of carbonyl (C=O) groups is 1. The van der Waals surface area contributed by atoms with Crippen molar-refractivity contribution in [2.45, 2.75) is 68.8 Å². The van der Waals surface area contributed by atoms with E-state index in [1.807, 2.05) is 6.20 Å². The first-order valence-electron chi connectivity index (χ1n) is 14.6. The van der Waals surface area contributed by atoms with Crippen LogP contribution in [0.5, 0.6) is 0 Å². The molecule has 1 amide bonds. The lowest BCUT2D eigenvalue weighted by Gasteiger charge is -2.31. The highest BCUT2D eigenvalue weighted by Crippen LogP contribution is 2.32. The van der Waals surface area contributed by atoms with E-state index < -0.39 is 22.0 Å². The highest BCUT2D eigenvalue weighted by Gasteiger charge is 2.37. The van der Waals surface area contributed by atoms with Gasteiger partial charge < -0.3 is 10.2 Å². The van der Waals surface area contributed by atoms with Crippen LogP contribution < -0.4 is 5.32 Å². The summed E-state index contributed by atoms with van der Waals surface area (Å²) in [6.07, 6.45) is 12.4. The van der Waals surface area contributed by atoms with Gasteiger partial charge in [-0.3, -0.25) is 9.10 Å². The number of amides is 1. The molecule has 228 valence electrons. The van der Waals surface area contributed by atoms with E-state index in [1.54, 1.807) is 10.9 Å². The number of piperidine rings is 1. The molecule has 3 aliphatic rings. The Kier molecular flexibility index (Phi) is 8.72. The van der Waals surface area contributed by atoms with Crippen LogP contribution in [-0.2, 0) is 34.1 Å². The van der Waals surface area contributed by atoms with Gasteiger partial charge >= 0.3 is 0 Å². The molecule has 6 rings (SSSR count). The molecular weight excluding hydrogens is 611 g/mol. The first kappa shape index (κ1) is 30.0. The minimum Gasteiger partial charge on any atom is -0.329 e. The van der Waals surface area contributed by atoms with Crippen LogP contribution in [-0.4, -0.2) is 74.2 Å². The lowest BCUT2D eigenvalue weighted by molar-refractivity contribution is -0.124. The van der Waals surface area contributed by atoms with Crippen LogP contribution in [0.2, 0.25) is 10.0 Å². The summed E-state index contributed by atoms with van der Waals surface area (Å²) in [5, 5.41) is 11.6. The summed E-state index contributed by atoms with van der Waals surface area (Å²) in [7, 11) is -4.11. The maximum Gasteiger partial charge on any atom is 0.264 e. The van der Waals surface area contributed by atoms with Crippen LogP contribution in [0.3, 0.4) is 0 Å². The number of nitrogens with one attached hydrogen (secondary N) is 1. The average Bonchev–Trinajstić information content (AvgIpc) is 3.47. The summed E-state index contributed by atoms with van der Waals surface area (Å²) in [6.45, 7) is 5.58. The number of carbonyl (C=O) groups excluding carboxylic acids is 1. The predicted molar refractivity (Wildman–Crippen MR) is 162 cm³/mol. The summed E-state index contributed by atoms with van der Waals surface area (Å²) in [5.41, 5.74) is 2.56. The molecule has 1 aliphatic carbocycles. The molecule has 11 nitrogen and oxygen atoms in total. The number of likely N-dealkylation sites (tertiary alicyclic amines) is 1. The van der Waals surface area contributed by atoms with Crippen LogP contribution in [0, 0.1) is 5.92 Å². The van der Waals surface area contributed by atoms with Gasteiger partial charge in [0.2, 0.25) is 5.91 Å². The second-order valence-electron chi connectivity index (χ2n) is 11.5. The Morgan fingerprint density at radius 3 is 2.72 bits per heavy atom. The Morgan fingerprint density at radius 2 is 1.93 bits per heavy atom. The highest BCUT2D eigenvalue weighted by atomic mass is 35.5. The fraction of sp³-hybridized carbons (Fsp3) is 0.483. The fourth-order valence-corrected chi connectivity index (χ4v) is 7.80. The number of aromatic nitrogens is 5. The third-order valence-corrected chi connectivity index (χ3v) is 11.1. The van der Waals surface area contributed by atoms with Gasteiger partial charge in [0.1, 0.15) is 11.9 Å². The smallest absolute Gasteiger partial charge is 0.264 e. The summed E-state index contributed by atoms with van der Waals surface area (Å²) in [5.74, 6) is 1.21. The molecule has 2 aliphatic heterocycles. The fourth-order valence-electron chi connectivity index (χ4n) is 5.96. The molecular formula is C29H34Cl2N8O3S. The topological polar surface area (TPSA) is 126 Å². The second-order valence-corrected chi connectivity index (χ2v) is 14.2. The van der Waals surface area contributed by atoms with Gasteiger partial charge in [-0.25, -0.2) is 23.1 Å². The van der Waals surface area contributed by atoms with Gasteiger partial charge in [-0.2, -0.15) is 0 Å². The van der Waals surface area contributed by atoms with Crippen molar-refractivity contribution in [2.24, 2.45) is 5.92 Å². The molecule has 1 fully saturated rings. The van der Waals surface area contributed by atoms with Crippen LogP contribution in [0.25, 0.3) is 0 Å². The minimum absolute atomic E-state index is 0.0288. The highest BCUT2D eigenvalue weighted by molar-refractivity contribution is 7.89. The zero-order valence-electron chi connectivity index (χ0n) is 23.9. The number of hydrogen-bond donors (Lipinski definition) is 1. The molecule has 1 saturated heterocycles. The normalized spacial score (nSPS) is 21.6. The average molecular weight is 646 g/mol. The molecule has 2 aromatic heterocycles. The summed E-state index contributed by atoms with van der Waals surface area (Å²) >= 11 is 12.1. The van der Waals surface area contributed by atoms with E-state index in [4.69, 9.17) is 33.2 Å². The van der Waals surface area contributed by atoms with E-state index in [9.17, 15) is 13.2 Å². The van der Waals surface area contributed by atoms with Crippen molar-refractivity contribution >= 4 is 39.1 Å². The largest absolute Gasteiger partial charge is 0.329 e. The molecule has 0 saturated carbocycles. The number of hydrogen-bond acceptors (Lipinski definition) is 8. The molecule has 2 atom stereocenters. The van der Waals surface area contributed by atoms with Crippen molar-refractivity contribution in [2.75, 3.05) is 19.6 Å². The van der Waals surface area contributed by atoms with Crippen molar-refractivity contribution in [3.05, 3.63) is 75.8 Å². The first-order valence-corrected chi connectivity index (χ1v) is 16.8. The molecule has 43 heavy (non-hydrogen) atoms. The molecule has 0 radical (unpaired) electrons. The number of fused-ring (bicyclic) bond motifs is 1. The number of sulfonamides is 1. The quantitative estimate of drug-likeness (QED) is 0.393. The zero-order valence-corrected chi connectivity index (χ0v) is 26.2. The number of halogens is 2. The van der Waals surface area contributed by atoms with Crippen LogP contribution in [0.15, 0.2) is 47.9 Å². The predicted octanol–water partition coefficient (Wildman–Crippen LogP) is 3.78. The molecule has 14 heteroatoms. The van der Waals surface area contributed by atoms with E-state index in [0.717, 1.165) is 72.6 Å². The summed E-state index contributed by atoms with van der Waals surface area (Å²) in [4.78, 5) is 25.0. The molecule has 4 heterocycles. The van der Waals surface area contributed by atoms with E-state index in [1.165, 1.54) is 43.4 Å². The Labute approximate surface area is 261 Å². The van der Waals surface area contributed by atoms with Crippen molar-refractivity contribution in [3.8, 4) is 0 Å². The van der Waals surface area contributed by atoms with Gasteiger partial charge in [0, 0.05) is 55.4 Å². The van der Waals surface area contributed by atoms with E-state index >= 15 is 0 Å². The SMILES string of the molecule is CC1CCN(CCc2ncc3c(n2)CCC[C@@H]3n2cc(C[C@@H]3C(=O)NC=CN3S(=O)(=O)c3ccc(Cl)c(Cl)c3)nn2)CC1. The standard InChI is InChI=1S/C29H34Cl2N8O3S/c1-19-7-11-37(12-8-19)13-9-28-33-17-22-25(34-28)3-2-4-26(22)38-18-20(35-36-38)15-27-29(40)32-10-14-39(27)43(41,42)21-5-6-23(30)24(31)16-21/h5-6,10,14,16-19,26-27H,2-4,7-9,11-13,15H2,1H3,(H,32,40)/t26-,27+/m0/s1. The molecule has 3 aromatic rings. The Hall–Kier alpha value is -3.06. The zero-order chi connectivity index (χ0) is 30.1. The Bertz CT molecular complexity index is 1640. The van der Waals surface area contributed by atoms with Gasteiger partial charge in [-0.15, -0.1) is 5.10 Å². The third-order valence-electron chi connectivity index (χ3n) is 8.53. The van der Waals surface area contributed by atoms with Gasteiger partial charge in [0.05, 0.1) is 26.7 Å². The summed E-state index contributed by atoms with van der Waals surface area (Å²) in [6, 6.07) is 2.89. The number of benzene rings is 1. The van der Waals surface area contributed by atoms with Crippen molar-refractivity contribution in [3.63, 3.8) is 0 Å². The van der Waals surface area contributed by atoms with Gasteiger partial charge in [-0.1, -0.05) is 35.3 Å². The molecule has 0 bridgehead atoms. The van der Waals surface area contributed by atoms with E-state index in [-0.39, 0.29) is 27.4 Å². The van der Waals surface area contributed by atoms with Crippen LogP contribution in [0.4, 0.5) is 0 Å². The first-order chi connectivity index (χ1) is 20.7. The van der Waals surface area contributed by atoms with Crippen molar-refractivity contribution in [1.29, 1.82) is 0 Å². The van der Waals surface area contributed by atoms with E-state index in [2.05, 4.69) is 27.5 Å². The molecule has 1 N–H and O–H groups in total. The second kappa shape index (κ2) is 12.5.